The highest BCUT2D eigenvalue weighted by Crippen LogP contribution is 2.26. The average molecular weight is 428 g/mol. The Kier molecular flexibility index (Phi) is 8.25. The molecular weight excluding hydrogens is 390 g/mol. The third kappa shape index (κ3) is 6.84. The van der Waals surface area contributed by atoms with Crippen molar-refractivity contribution >= 4 is 17.8 Å². The zero-order valence-corrected chi connectivity index (χ0v) is 20.0. The molecule has 0 saturated heterocycles. The third-order valence-corrected chi connectivity index (χ3v) is 5.03. The number of urea groups is 1. The smallest absolute Gasteiger partial charge is 0.318 e. The van der Waals surface area contributed by atoms with Gasteiger partial charge in [0.25, 0.3) is 0 Å². The van der Waals surface area contributed by atoms with Crippen molar-refractivity contribution in [3.8, 4) is 5.69 Å². The van der Waals surface area contributed by atoms with Gasteiger partial charge in [0.2, 0.25) is 5.91 Å². The molecule has 0 saturated carbocycles. The Morgan fingerprint density at radius 1 is 1.16 bits per heavy atom. The van der Waals surface area contributed by atoms with E-state index in [9.17, 15) is 9.59 Å². The Morgan fingerprint density at radius 3 is 2.35 bits per heavy atom. The van der Waals surface area contributed by atoms with Gasteiger partial charge in [0.15, 0.2) is 0 Å². The van der Waals surface area contributed by atoms with Crippen LogP contribution in [-0.2, 0) is 10.2 Å². The van der Waals surface area contributed by atoms with Gasteiger partial charge in [-0.2, -0.15) is 5.10 Å². The van der Waals surface area contributed by atoms with Gasteiger partial charge in [-0.05, 0) is 39.3 Å². The number of anilines is 1. The van der Waals surface area contributed by atoms with Crippen molar-refractivity contribution < 1.29 is 9.59 Å². The van der Waals surface area contributed by atoms with Crippen molar-refractivity contribution in [1.29, 1.82) is 0 Å². The summed E-state index contributed by atoms with van der Waals surface area (Å²) in [6.45, 7) is 14.7. The standard InChI is InChI=1S/C24H37N5O2/c1-8-9-14-25-23(31)28(17(2)3)16-22(30)26-21-15-20(24(5,6)7)27-29(21)19-12-10-18(4)11-13-19/h10-13,15,17H,8-9,14,16H2,1-7H3,(H,25,31)(H,26,30). The second kappa shape index (κ2) is 10.5. The van der Waals surface area contributed by atoms with E-state index in [1.807, 2.05) is 51.1 Å². The molecule has 0 aliphatic rings. The zero-order chi connectivity index (χ0) is 23.2. The Hall–Kier alpha value is -2.83. The topological polar surface area (TPSA) is 79.3 Å². The minimum atomic E-state index is -0.256. The number of carbonyl (C=O) groups is 2. The largest absolute Gasteiger partial charge is 0.338 e. The van der Waals surface area contributed by atoms with Crippen LogP contribution < -0.4 is 10.6 Å². The highest BCUT2D eigenvalue weighted by atomic mass is 16.2. The molecule has 0 radical (unpaired) electrons. The number of aromatic nitrogens is 2. The second-order valence-electron chi connectivity index (χ2n) is 9.27. The molecule has 0 bridgehead atoms. The summed E-state index contributed by atoms with van der Waals surface area (Å²) in [5, 5.41) is 10.6. The third-order valence-electron chi connectivity index (χ3n) is 5.03. The van der Waals surface area contributed by atoms with Gasteiger partial charge >= 0.3 is 6.03 Å². The van der Waals surface area contributed by atoms with E-state index < -0.39 is 0 Å². The van der Waals surface area contributed by atoms with Crippen LogP contribution in [-0.4, -0.2) is 45.8 Å². The van der Waals surface area contributed by atoms with Crippen LogP contribution in [0.25, 0.3) is 5.69 Å². The first-order chi connectivity index (χ1) is 14.5. The van der Waals surface area contributed by atoms with Crippen LogP contribution in [0, 0.1) is 6.92 Å². The Labute approximate surface area is 186 Å². The molecule has 2 rings (SSSR count). The van der Waals surface area contributed by atoms with E-state index in [0.29, 0.717) is 12.4 Å². The van der Waals surface area contributed by atoms with E-state index in [1.54, 1.807) is 9.58 Å². The summed E-state index contributed by atoms with van der Waals surface area (Å²) in [7, 11) is 0. The summed E-state index contributed by atoms with van der Waals surface area (Å²) in [6, 6.07) is 9.57. The molecule has 0 fully saturated rings. The lowest BCUT2D eigenvalue weighted by Crippen LogP contribution is -2.47. The van der Waals surface area contributed by atoms with Crippen molar-refractivity contribution in [2.75, 3.05) is 18.4 Å². The van der Waals surface area contributed by atoms with E-state index in [2.05, 4.69) is 38.3 Å². The molecule has 0 atom stereocenters. The van der Waals surface area contributed by atoms with Gasteiger partial charge < -0.3 is 15.5 Å². The summed E-state index contributed by atoms with van der Waals surface area (Å²) < 4.78 is 1.75. The first kappa shape index (κ1) is 24.4. The van der Waals surface area contributed by atoms with E-state index >= 15 is 0 Å². The minimum Gasteiger partial charge on any atom is -0.338 e. The normalized spacial score (nSPS) is 11.5. The predicted octanol–water partition coefficient (Wildman–Crippen LogP) is 4.64. The van der Waals surface area contributed by atoms with Crippen molar-refractivity contribution in [2.45, 2.75) is 72.8 Å². The van der Waals surface area contributed by atoms with Crippen LogP contribution in [0.15, 0.2) is 30.3 Å². The van der Waals surface area contributed by atoms with Gasteiger partial charge in [0, 0.05) is 24.1 Å². The predicted molar refractivity (Wildman–Crippen MR) is 126 cm³/mol. The van der Waals surface area contributed by atoms with Gasteiger partial charge in [-0.3, -0.25) is 4.79 Å². The highest BCUT2D eigenvalue weighted by molar-refractivity contribution is 5.94. The van der Waals surface area contributed by atoms with Gasteiger partial charge in [-0.25, -0.2) is 9.48 Å². The number of hydrogen-bond acceptors (Lipinski definition) is 3. The number of rotatable bonds is 8. The monoisotopic (exact) mass is 427 g/mol. The quantitative estimate of drug-likeness (QED) is 0.603. The van der Waals surface area contributed by atoms with Crippen molar-refractivity contribution in [3.05, 3.63) is 41.6 Å². The van der Waals surface area contributed by atoms with Gasteiger partial charge in [0.05, 0.1) is 11.4 Å². The van der Waals surface area contributed by atoms with Crippen molar-refractivity contribution in [1.82, 2.24) is 20.0 Å². The summed E-state index contributed by atoms with van der Waals surface area (Å²) in [4.78, 5) is 26.9. The van der Waals surface area contributed by atoms with E-state index in [1.165, 1.54) is 0 Å². The SMILES string of the molecule is CCCCNC(=O)N(CC(=O)Nc1cc(C(C)(C)C)nn1-c1ccc(C)cc1)C(C)C. The van der Waals surface area contributed by atoms with Crippen LogP contribution in [0.5, 0.6) is 0 Å². The maximum Gasteiger partial charge on any atom is 0.318 e. The van der Waals surface area contributed by atoms with E-state index in [0.717, 1.165) is 29.8 Å². The molecule has 7 nitrogen and oxygen atoms in total. The molecule has 1 aromatic heterocycles. The number of amides is 3. The second-order valence-corrected chi connectivity index (χ2v) is 9.27. The molecule has 3 amide bonds. The maximum atomic E-state index is 12.9. The van der Waals surface area contributed by atoms with Crippen LogP contribution in [0.3, 0.4) is 0 Å². The highest BCUT2D eigenvalue weighted by Gasteiger charge is 2.24. The number of benzene rings is 1. The van der Waals surface area contributed by atoms with Gasteiger partial charge in [0.1, 0.15) is 12.4 Å². The van der Waals surface area contributed by atoms with Crippen LogP contribution in [0.4, 0.5) is 10.6 Å². The first-order valence-electron chi connectivity index (χ1n) is 11.0. The Balaban J connectivity index is 2.23. The van der Waals surface area contributed by atoms with Crippen LogP contribution >= 0.6 is 0 Å². The zero-order valence-electron chi connectivity index (χ0n) is 20.0. The maximum absolute atomic E-state index is 12.9. The van der Waals surface area contributed by atoms with Crippen LogP contribution in [0.1, 0.15) is 65.6 Å². The summed E-state index contributed by atoms with van der Waals surface area (Å²) in [5.74, 6) is 0.335. The lowest BCUT2D eigenvalue weighted by atomic mass is 9.92. The number of carbonyl (C=O) groups excluding carboxylic acids is 2. The van der Waals surface area contributed by atoms with Crippen molar-refractivity contribution in [2.24, 2.45) is 0 Å². The molecule has 0 aliphatic heterocycles. The summed E-state index contributed by atoms with van der Waals surface area (Å²) >= 11 is 0. The van der Waals surface area contributed by atoms with E-state index in [-0.39, 0.29) is 29.9 Å². The summed E-state index contributed by atoms with van der Waals surface area (Å²) in [6.07, 6.45) is 1.91. The molecule has 31 heavy (non-hydrogen) atoms. The molecule has 2 aromatic rings. The fourth-order valence-corrected chi connectivity index (χ4v) is 3.02. The fraction of sp³-hybridized carbons (Fsp3) is 0.542. The fourth-order valence-electron chi connectivity index (χ4n) is 3.02. The first-order valence-corrected chi connectivity index (χ1v) is 11.0. The molecule has 1 aromatic carbocycles. The van der Waals surface area contributed by atoms with Crippen LogP contribution in [0.2, 0.25) is 0 Å². The lowest BCUT2D eigenvalue weighted by molar-refractivity contribution is -0.117. The lowest BCUT2D eigenvalue weighted by Gasteiger charge is -2.26. The molecule has 7 heteroatoms. The average Bonchev–Trinajstić information content (AvgIpc) is 3.10. The van der Waals surface area contributed by atoms with E-state index in [4.69, 9.17) is 5.10 Å². The number of hydrogen-bond donors (Lipinski definition) is 2. The molecule has 0 aliphatic carbocycles. The van der Waals surface area contributed by atoms with Crippen molar-refractivity contribution in [3.63, 3.8) is 0 Å². The summed E-state index contributed by atoms with van der Waals surface area (Å²) in [5.41, 5.74) is 2.73. The van der Waals surface area contributed by atoms with Gasteiger partial charge in [-0.15, -0.1) is 0 Å². The molecule has 1 heterocycles. The minimum absolute atomic E-state index is 0.0282. The number of nitrogens with one attached hydrogen (secondary N) is 2. The molecule has 0 spiro atoms. The number of unbranched alkanes of at least 4 members (excludes halogenated alkanes) is 1. The molecular formula is C24H37N5O2. The molecule has 2 N–H and O–H groups in total. The number of nitrogens with zero attached hydrogens (tertiary/aromatic N) is 3. The Morgan fingerprint density at radius 2 is 1.81 bits per heavy atom. The molecule has 170 valence electrons. The molecule has 0 unspecified atom stereocenters. The number of aryl methyl sites for hydroxylation is 1. The Bertz CT molecular complexity index is 878. The van der Waals surface area contributed by atoms with Gasteiger partial charge in [-0.1, -0.05) is 51.8 Å².